The minimum absolute atomic E-state index is 0.193. The summed E-state index contributed by atoms with van der Waals surface area (Å²) in [6.07, 6.45) is 1.14. The van der Waals surface area contributed by atoms with Crippen LogP contribution in [0.25, 0.3) is 16.9 Å². The molecule has 174 valence electrons. The summed E-state index contributed by atoms with van der Waals surface area (Å²) >= 11 is 0. The SMILES string of the molecule is CCOC(=O)c1cc(-c2ccc(CNC(=O)OC(C)(C)C)cc2)n(-c2ccc(OC)nc2)n1. The lowest BCUT2D eigenvalue weighted by Crippen LogP contribution is -2.32. The summed E-state index contributed by atoms with van der Waals surface area (Å²) in [7, 11) is 1.54. The smallest absolute Gasteiger partial charge is 0.407 e. The van der Waals surface area contributed by atoms with Crippen molar-refractivity contribution >= 4 is 12.1 Å². The molecule has 0 saturated heterocycles. The highest BCUT2D eigenvalue weighted by atomic mass is 16.6. The van der Waals surface area contributed by atoms with E-state index in [4.69, 9.17) is 14.2 Å². The van der Waals surface area contributed by atoms with Crippen LogP contribution in [0.3, 0.4) is 0 Å². The normalized spacial score (nSPS) is 11.1. The number of methoxy groups -OCH3 is 1. The highest BCUT2D eigenvalue weighted by molar-refractivity contribution is 5.89. The third kappa shape index (κ3) is 6.31. The summed E-state index contributed by atoms with van der Waals surface area (Å²) in [6.45, 7) is 7.76. The molecule has 0 unspecified atom stereocenters. The second-order valence-corrected chi connectivity index (χ2v) is 8.16. The van der Waals surface area contributed by atoms with Crippen molar-refractivity contribution in [3.8, 4) is 22.8 Å². The highest BCUT2D eigenvalue weighted by Crippen LogP contribution is 2.25. The summed E-state index contributed by atoms with van der Waals surface area (Å²) in [6, 6.07) is 12.8. The Morgan fingerprint density at radius 1 is 1.09 bits per heavy atom. The summed E-state index contributed by atoms with van der Waals surface area (Å²) in [5.74, 6) is -0.0305. The zero-order valence-corrected chi connectivity index (χ0v) is 19.4. The molecule has 3 rings (SSSR count). The van der Waals surface area contributed by atoms with E-state index >= 15 is 0 Å². The van der Waals surface area contributed by atoms with Crippen LogP contribution in [0.15, 0.2) is 48.7 Å². The predicted octanol–water partition coefficient (Wildman–Crippen LogP) is 4.14. The van der Waals surface area contributed by atoms with Gasteiger partial charge in [-0.1, -0.05) is 24.3 Å². The Bertz CT molecular complexity index is 1100. The number of carbonyl (C=O) groups excluding carboxylic acids is 2. The van der Waals surface area contributed by atoms with E-state index in [0.717, 1.165) is 11.1 Å². The number of carbonyl (C=O) groups is 2. The van der Waals surface area contributed by atoms with Crippen molar-refractivity contribution in [2.24, 2.45) is 0 Å². The van der Waals surface area contributed by atoms with E-state index in [1.165, 1.54) is 0 Å². The summed E-state index contributed by atoms with van der Waals surface area (Å²) in [5.41, 5.74) is 2.72. The molecule has 0 aliphatic carbocycles. The zero-order valence-electron chi connectivity index (χ0n) is 19.4. The predicted molar refractivity (Wildman–Crippen MR) is 122 cm³/mol. The number of alkyl carbamates (subject to hydrolysis) is 1. The number of benzene rings is 1. The molecule has 0 radical (unpaired) electrons. The van der Waals surface area contributed by atoms with Gasteiger partial charge in [-0.05, 0) is 45.4 Å². The third-order valence-corrected chi connectivity index (χ3v) is 4.45. The van der Waals surface area contributed by atoms with Crippen molar-refractivity contribution < 1.29 is 23.8 Å². The number of hydrogen-bond donors (Lipinski definition) is 1. The Kier molecular flexibility index (Phi) is 7.32. The number of amides is 1. The molecule has 1 amide bonds. The molecule has 2 aromatic heterocycles. The maximum absolute atomic E-state index is 12.3. The summed E-state index contributed by atoms with van der Waals surface area (Å²) in [4.78, 5) is 28.4. The van der Waals surface area contributed by atoms with E-state index < -0.39 is 17.7 Å². The van der Waals surface area contributed by atoms with Crippen LogP contribution in [0.2, 0.25) is 0 Å². The van der Waals surface area contributed by atoms with Gasteiger partial charge in [0.1, 0.15) is 5.60 Å². The van der Waals surface area contributed by atoms with Gasteiger partial charge in [-0.3, -0.25) is 0 Å². The van der Waals surface area contributed by atoms with E-state index in [2.05, 4.69) is 15.4 Å². The number of rotatable bonds is 7. The number of pyridine rings is 1. The fourth-order valence-electron chi connectivity index (χ4n) is 2.99. The van der Waals surface area contributed by atoms with Crippen molar-refractivity contribution in [1.82, 2.24) is 20.1 Å². The largest absolute Gasteiger partial charge is 0.481 e. The van der Waals surface area contributed by atoms with Gasteiger partial charge in [-0.15, -0.1) is 0 Å². The first-order chi connectivity index (χ1) is 15.7. The van der Waals surface area contributed by atoms with Crippen LogP contribution >= 0.6 is 0 Å². The van der Waals surface area contributed by atoms with Crippen LogP contribution in [0.5, 0.6) is 5.88 Å². The summed E-state index contributed by atoms with van der Waals surface area (Å²) in [5, 5.41) is 7.17. The van der Waals surface area contributed by atoms with Gasteiger partial charge in [0.05, 0.1) is 31.3 Å². The first-order valence-corrected chi connectivity index (χ1v) is 10.5. The Morgan fingerprint density at radius 3 is 2.39 bits per heavy atom. The van der Waals surface area contributed by atoms with Crippen LogP contribution in [-0.2, 0) is 16.0 Å². The molecular weight excluding hydrogens is 424 g/mol. The van der Waals surface area contributed by atoms with Gasteiger partial charge < -0.3 is 19.5 Å². The molecule has 9 nitrogen and oxygen atoms in total. The molecule has 2 heterocycles. The van der Waals surface area contributed by atoms with Gasteiger partial charge in [-0.2, -0.15) is 5.10 Å². The first kappa shape index (κ1) is 23.8. The lowest BCUT2D eigenvalue weighted by Gasteiger charge is -2.19. The number of ether oxygens (including phenoxy) is 3. The Morgan fingerprint density at radius 2 is 1.82 bits per heavy atom. The van der Waals surface area contributed by atoms with E-state index in [1.54, 1.807) is 43.1 Å². The van der Waals surface area contributed by atoms with E-state index in [9.17, 15) is 9.59 Å². The lowest BCUT2D eigenvalue weighted by molar-refractivity contribution is 0.0510. The molecule has 0 saturated carbocycles. The monoisotopic (exact) mass is 452 g/mol. The zero-order chi connectivity index (χ0) is 24.0. The van der Waals surface area contributed by atoms with E-state index in [0.29, 0.717) is 23.8 Å². The minimum atomic E-state index is -0.556. The summed E-state index contributed by atoms with van der Waals surface area (Å²) < 4.78 is 17.1. The molecule has 0 aliphatic heterocycles. The van der Waals surface area contributed by atoms with Crippen LogP contribution < -0.4 is 10.1 Å². The van der Waals surface area contributed by atoms with Crippen LogP contribution in [0.1, 0.15) is 43.7 Å². The standard InChI is InChI=1S/C24H28N4O5/c1-6-32-22(29)19-13-20(28(27-19)18-11-12-21(31-5)25-15-18)17-9-7-16(8-10-17)14-26-23(30)33-24(2,3)4/h7-13,15H,6,14H2,1-5H3,(H,26,30). The number of aromatic nitrogens is 3. The van der Waals surface area contributed by atoms with Crippen LogP contribution in [0.4, 0.5) is 4.79 Å². The van der Waals surface area contributed by atoms with E-state index in [-0.39, 0.29) is 12.3 Å². The van der Waals surface area contributed by atoms with Crippen molar-refractivity contribution in [3.05, 3.63) is 59.9 Å². The second-order valence-electron chi connectivity index (χ2n) is 8.16. The van der Waals surface area contributed by atoms with Gasteiger partial charge in [0.2, 0.25) is 5.88 Å². The Labute approximate surface area is 192 Å². The fourth-order valence-corrected chi connectivity index (χ4v) is 2.99. The lowest BCUT2D eigenvalue weighted by atomic mass is 10.1. The van der Waals surface area contributed by atoms with Gasteiger partial charge >= 0.3 is 12.1 Å². The second kappa shape index (κ2) is 10.2. The van der Waals surface area contributed by atoms with Gasteiger partial charge in [0.25, 0.3) is 0 Å². The van der Waals surface area contributed by atoms with Crippen molar-refractivity contribution in [2.45, 2.75) is 39.8 Å². The fraction of sp³-hybridized carbons (Fsp3) is 0.333. The minimum Gasteiger partial charge on any atom is -0.481 e. The maximum Gasteiger partial charge on any atom is 0.407 e. The van der Waals surface area contributed by atoms with Gasteiger partial charge in [0, 0.05) is 18.2 Å². The molecular formula is C24H28N4O5. The maximum atomic E-state index is 12.3. The molecule has 0 fully saturated rings. The molecule has 1 N–H and O–H groups in total. The number of nitrogens with one attached hydrogen (secondary N) is 1. The molecule has 1 aromatic carbocycles. The Balaban J connectivity index is 1.86. The Hall–Kier alpha value is -3.88. The molecule has 0 bridgehead atoms. The van der Waals surface area contributed by atoms with Crippen LogP contribution in [0, 0.1) is 0 Å². The van der Waals surface area contributed by atoms with Gasteiger partial charge in [0.15, 0.2) is 5.69 Å². The number of nitrogens with zero attached hydrogens (tertiary/aromatic N) is 3. The average Bonchev–Trinajstić information content (AvgIpc) is 3.23. The molecule has 0 atom stereocenters. The van der Waals surface area contributed by atoms with Crippen molar-refractivity contribution in [2.75, 3.05) is 13.7 Å². The number of hydrogen-bond acceptors (Lipinski definition) is 7. The third-order valence-electron chi connectivity index (χ3n) is 4.45. The molecule has 9 heteroatoms. The first-order valence-electron chi connectivity index (χ1n) is 10.5. The molecule has 0 spiro atoms. The topological polar surface area (TPSA) is 105 Å². The van der Waals surface area contributed by atoms with Crippen molar-refractivity contribution in [1.29, 1.82) is 0 Å². The van der Waals surface area contributed by atoms with Crippen molar-refractivity contribution in [3.63, 3.8) is 0 Å². The average molecular weight is 453 g/mol. The quantitative estimate of drug-likeness (QED) is 0.537. The highest BCUT2D eigenvalue weighted by Gasteiger charge is 2.19. The number of esters is 1. The van der Waals surface area contributed by atoms with E-state index in [1.807, 2.05) is 45.0 Å². The molecule has 0 aliphatic rings. The molecule has 33 heavy (non-hydrogen) atoms. The van der Waals surface area contributed by atoms with Crippen LogP contribution in [-0.4, -0.2) is 46.1 Å². The molecule has 3 aromatic rings. The van der Waals surface area contributed by atoms with Gasteiger partial charge in [-0.25, -0.2) is 19.3 Å².